The van der Waals surface area contributed by atoms with Crippen molar-refractivity contribution in [2.45, 2.75) is 39.0 Å². The maximum Gasteiger partial charge on any atom is 0.216 e. The van der Waals surface area contributed by atoms with Crippen LogP contribution in [0.25, 0.3) is 0 Å². The van der Waals surface area contributed by atoms with Crippen LogP contribution in [0, 0.1) is 11.3 Å². The third-order valence-corrected chi connectivity index (χ3v) is 3.08. The molecule has 0 aromatic rings. The van der Waals surface area contributed by atoms with Gasteiger partial charge in [-0.2, -0.15) is 0 Å². The van der Waals surface area contributed by atoms with Gasteiger partial charge >= 0.3 is 0 Å². The number of hydrogen-bond acceptors (Lipinski definition) is 2. The highest BCUT2D eigenvalue weighted by molar-refractivity contribution is 6.50. The minimum Gasteiger partial charge on any atom is -0.291 e. The van der Waals surface area contributed by atoms with Gasteiger partial charge in [0, 0.05) is 6.42 Å². The molecule has 3 heteroatoms. The molecule has 0 N–H and O–H groups in total. The molecule has 0 heterocycles. The number of halogens is 1. The van der Waals surface area contributed by atoms with Crippen LogP contribution in [0.5, 0.6) is 0 Å². The van der Waals surface area contributed by atoms with Gasteiger partial charge in [-0.3, -0.25) is 9.59 Å². The summed E-state index contributed by atoms with van der Waals surface area (Å²) in [7, 11) is 0. The van der Waals surface area contributed by atoms with Gasteiger partial charge in [0.15, 0.2) is 5.78 Å². The van der Waals surface area contributed by atoms with Crippen molar-refractivity contribution in [2.24, 2.45) is 11.3 Å². The first-order chi connectivity index (χ1) is 5.82. The van der Waals surface area contributed by atoms with Crippen molar-refractivity contribution in [3.63, 3.8) is 0 Å². The van der Waals surface area contributed by atoms with E-state index in [0.29, 0.717) is 12.8 Å². The molecule has 2 unspecified atom stereocenters. The second kappa shape index (κ2) is 3.41. The molecule has 1 fully saturated rings. The summed E-state index contributed by atoms with van der Waals surface area (Å²) in [5, 5.41) is -0.592. The lowest BCUT2D eigenvalue weighted by Gasteiger charge is -2.34. The van der Waals surface area contributed by atoms with Crippen molar-refractivity contribution in [1.82, 2.24) is 0 Å². The largest absolute Gasteiger partial charge is 0.291 e. The topological polar surface area (TPSA) is 34.1 Å². The quantitative estimate of drug-likeness (QED) is 0.446. The van der Waals surface area contributed by atoms with Crippen molar-refractivity contribution in [3.05, 3.63) is 0 Å². The Morgan fingerprint density at radius 1 is 1.31 bits per heavy atom. The number of carbonyl (C=O) groups is 2. The fraction of sp³-hybridized carbons (Fsp3) is 0.800. The van der Waals surface area contributed by atoms with E-state index in [1.165, 1.54) is 0 Å². The maximum atomic E-state index is 11.2. The molecule has 13 heavy (non-hydrogen) atoms. The number of ketones is 2. The Balaban J connectivity index is 2.75. The lowest BCUT2D eigenvalue weighted by molar-refractivity contribution is -0.139. The Kier molecular flexibility index (Phi) is 2.81. The predicted octanol–water partition coefficient (Wildman–Crippen LogP) is 2.19. The van der Waals surface area contributed by atoms with E-state index in [4.69, 9.17) is 11.6 Å². The zero-order valence-electron chi connectivity index (χ0n) is 8.26. The molecule has 1 saturated carbocycles. The summed E-state index contributed by atoms with van der Waals surface area (Å²) in [4.78, 5) is 22.3. The fourth-order valence-corrected chi connectivity index (χ4v) is 1.94. The first-order valence-corrected chi connectivity index (χ1v) is 4.97. The van der Waals surface area contributed by atoms with Crippen molar-refractivity contribution in [1.29, 1.82) is 0 Å². The van der Waals surface area contributed by atoms with Gasteiger partial charge in [0.25, 0.3) is 0 Å². The normalized spacial score (nSPS) is 30.8. The Morgan fingerprint density at radius 2 is 1.85 bits per heavy atom. The highest BCUT2D eigenvalue weighted by atomic mass is 35.5. The van der Waals surface area contributed by atoms with E-state index in [9.17, 15) is 9.59 Å². The Labute approximate surface area is 83.6 Å². The van der Waals surface area contributed by atoms with Gasteiger partial charge in [-0.15, -0.1) is 11.6 Å². The molecular weight excluding hydrogens is 188 g/mol. The van der Waals surface area contributed by atoms with Crippen molar-refractivity contribution < 1.29 is 9.59 Å². The molecule has 1 aliphatic rings. The lowest BCUT2D eigenvalue weighted by atomic mass is 9.71. The number of alkyl halides is 1. The van der Waals surface area contributed by atoms with Gasteiger partial charge in [-0.25, -0.2) is 0 Å². The minimum atomic E-state index is -0.592. The molecule has 0 aromatic heterocycles. The van der Waals surface area contributed by atoms with E-state index in [-0.39, 0.29) is 17.1 Å². The van der Waals surface area contributed by atoms with Crippen molar-refractivity contribution in [3.8, 4) is 0 Å². The average Bonchev–Trinajstić information content (AvgIpc) is 1.97. The summed E-state index contributed by atoms with van der Waals surface area (Å²) >= 11 is 5.79. The minimum absolute atomic E-state index is 0.0590. The van der Waals surface area contributed by atoms with Crippen LogP contribution in [0.3, 0.4) is 0 Å². The van der Waals surface area contributed by atoms with E-state index >= 15 is 0 Å². The van der Waals surface area contributed by atoms with Gasteiger partial charge in [0.2, 0.25) is 5.78 Å². The van der Waals surface area contributed by atoms with E-state index in [1.54, 1.807) is 0 Å². The third kappa shape index (κ3) is 2.31. The smallest absolute Gasteiger partial charge is 0.216 e. The van der Waals surface area contributed by atoms with Gasteiger partial charge in [0.1, 0.15) is 5.38 Å². The Bertz CT molecular complexity index is 240. The zero-order chi connectivity index (χ0) is 10.2. The van der Waals surface area contributed by atoms with Crippen LogP contribution >= 0.6 is 11.6 Å². The molecule has 0 spiro atoms. The first-order valence-electron chi connectivity index (χ1n) is 4.53. The third-order valence-electron chi connectivity index (χ3n) is 2.71. The summed E-state index contributed by atoms with van der Waals surface area (Å²) in [5.74, 6) is -0.464. The van der Waals surface area contributed by atoms with Crippen LogP contribution in [0.15, 0.2) is 0 Å². The lowest BCUT2D eigenvalue weighted by Crippen LogP contribution is -2.38. The van der Waals surface area contributed by atoms with Gasteiger partial charge in [-0.1, -0.05) is 20.8 Å². The number of rotatable bonds is 0. The molecule has 0 amide bonds. The van der Waals surface area contributed by atoms with E-state index in [0.717, 1.165) is 0 Å². The molecule has 74 valence electrons. The van der Waals surface area contributed by atoms with Crippen LogP contribution < -0.4 is 0 Å². The van der Waals surface area contributed by atoms with Crippen LogP contribution in [0.1, 0.15) is 33.6 Å². The van der Waals surface area contributed by atoms with Crippen LogP contribution in [-0.2, 0) is 9.59 Å². The molecule has 1 rings (SSSR count). The highest BCUT2D eigenvalue weighted by Crippen LogP contribution is 2.36. The molecule has 0 bridgehead atoms. The zero-order valence-corrected chi connectivity index (χ0v) is 9.02. The number of carbonyl (C=O) groups excluding carboxylic acids is 2. The van der Waals surface area contributed by atoms with Crippen molar-refractivity contribution in [2.75, 3.05) is 0 Å². The van der Waals surface area contributed by atoms with E-state index < -0.39 is 11.2 Å². The summed E-state index contributed by atoms with van der Waals surface area (Å²) < 4.78 is 0. The van der Waals surface area contributed by atoms with Crippen LogP contribution in [0.4, 0.5) is 0 Å². The monoisotopic (exact) mass is 202 g/mol. The second-order valence-corrected chi connectivity index (χ2v) is 5.28. The Hall–Kier alpha value is -0.370. The standard InChI is InChI=1S/C10H15ClO2/c1-10(2,3)6-4-7(11)9(13)8(12)5-6/h6-7H,4-5H2,1-3H3. The molecular formula is C10H15ClO2. The molecule has 2 atom stereocenters. The van der Waals surface area contributed by atoms with E-state index in [2.05, 4.69) is 20.8 Å². The molecule has 0 radical (unpaired) electrons. The van der Waals surface area contributed by atoms with Gasteiger partial charge < -0.3 is 0 Å². The molecule has 2 nitrogen and oxygen atoms in total. The number of hydrogen-bond donors (Lipinski definition) is 0. The second-order valence-electron chi connectivity index (χ2n) is 4.76. The maximum absolute atomic E-state index is 11.2. The summed E-state index contributed by atoms with van der Waals surface area (Å²) in [6.45, 7) is 6.22. The Morgan fingerprint density at radius 3 is 2.23 bits per heavy atom. The number of Topliss-reactive ketones (excluding diaryl/α,β-unsaturated/α-hetero) is 2. The SMILES string of the molecule is CC(C)(C)C1CC(=O)C(=O)C(Cl)C1. The fourth-order valence-electron chi connectivity index (χ4n) is 1.60. The average molecular weight is 203 g/mol. The van der Waals surface area contributed by atoms with Crippen molar-refractivity contribution >= 4 is 23.2 Å². The molecule has 1 aliphatic carbocycles. The summed E-state index contributed by atoms with van der Waals surface area (Å²) in [6.07, 6.45) is 1.00. The summed E-state index contributed by atoms with van der Waals surface area (Å²) in [6, 6.07) is 0. The molecule has 0 aliphatic heterocycles. The summed E-state index contributed by atoms with van der Waals surface area (Å²) in [5.41, 5.74) is 0.0590. The highest BCUT2D eigenvalue weighted by Gasteiger charge is 2.38. The van der Waals surface area contributed by atoms with Crippen LogP contribution in [-0.4, -0.2) is 16.9 Å². The van der Waals surface area contributed by atoms with Gasteiger partial charge in [-0.05, 0) is 17.8 Å². The van der Waals surface area contributed by atoms with E-state index in [1.807, 2.05) is 0 Å². The van der Waals surface area contributed by atoms with Crippen LogP contribution in [0.2, 0.25) is 0 Å². The first kappa shape index (κ1) is 10.7. The van der Waals surface area contributed by atoms with Gasteiger partial charge in [0.05, 0.1) is 0 Å². The molecule has 0 aromatic carbocycles. The predicted molar refractivity (Wildman–Crippen MR) is 51.8 cm³/mol. The molecule has 0 saturated heterocycles.